The molecule has 21 heavy (non-hydrogen) atoms. The predicted molar refractivity (Wildman–Crippen MR) is 81.6 cm³/mol. The quantitative estimate of drug-likeness (QED) is 0.704. The number of rotatable bonds is 5. The first-order valence-electron chi connectivity index (χ1n) is 6.45. The number of nitrogens with zero attached hydrogens (tertiary/aromatic N) is 3. The predicted octanol–water partition coefficient (Wildman–Crippen LogP) is 2.23. The maximum absolute atomic E-state index is 5.20. The number of hydrogen-bond donors (Lipinski definition) is 2. The van der Waals surface area contributed by atoms with Gasteiger partial charge in [0.2, 0.25) is 0 Å². The number of benzene rings is 1. The molecule has 0 bridgehead atoms. The lowest BCUT2D eigenvalue weighted by atomic mass is 10.3. The average Bonchev–Trinajstić information content (AvgIpc) is 2.90. The molecule has 3 aromatic rings. The fourth-order valence-corrected chi connectivity index (χ4v) is 2.61. The molecule has 1 aromatic carbocycles. The van der Waals surface area contributed by atoms with Gasteiger partial charge in [0.05, 0.1) is 18.1 Å². The van der Waals surface area contributed by atoms with E-state index in [-0.39, 0.29) is 0 Å². The van der Waals surface area contributed by atoms with Crippen LogP contribution in [0.15, 0.2) is 40.9 Å². The van der Waals surface area contributed by atoms with Crippen molar-refractivity contribution in [3.8, 4) is 5.75 Å². The first-order chi connectivity index (χ1) is 10.3. The van der Waals surface area contributed by atoms with Gasteiger partial charge in [0.25, 0.3) is 0 Å². The summed E-state index contributed by atoms with van der Waals surface area (Å²) in [4.78, 5) is 16.4. The van der Waals surface area contributed by atoms with Crippen LogP contribution in [0, 0.1) is 0 Å². The fraction of sp³-hybridized carbons (Fsp3) is 0.214. The molecule has 0 saturated carbocycles. The molecule has 0 unspecified atom stereocenters. The van der Waals surface area contributed by atoms with Crippen LogP contribution in [0.4, 0.5) is 0 Å². The topological polar surface area (TPSA) is 75.7 Å². The molecule has 3 rings (SSSR count). The van der Waals surface area contributed by atoms with E-state index in [1.54, 1.807) is 7.11 Å². The van der Waals surface area contributed by atoms with Gasteiger partial charge >= 0.3 is 0 Å². The first kappa shape index (κ1) is 13.8. The maximum Gasteiger partial charge on any atom is 0.195 e. The molecular formula is C14H15N5OS. The highest BCUT2D eigenvalue weighted by atomic mass is 32.2. The van der Waals surface area contributed by atoms with E-state index in [9.17, 15) is 0 Å². The summed E-state index contributed by atoms with van der Waals surface area (Å²) in [5.74, 6) is 0.801. The molecule has 0 atom stereocenters. The van der Waals surface area contributed by atoms with Gasteiger partial charge in [-0.25, -0.2) is 15.0 Å². The van der Waals surface area contributed by atoms with Crippen LogP contribution in [-0.2, 0) is 6.54 Å². The molecule has 2 aromatic heterocycles. The second kappa shape index (κ2) is 6.11. The lowest BCUT2D eigenvalue weighted by Gasteiger charge is -1.99. The fourth-order valence-electron chi connectivity index (χ4n) is 1.92. The van der Waals surface area contributed by atoms with E-state index >= 15 is 0 Å². The Hall–Kier alpha value is -2.12. The number of aromatic nitrogens is 4. The Morgan fingerprint density at radius 3 is 2.81 bits per heavy atom. The minimum atomic E-state index is 0.667. The molecule has 7 heteroatoms. The highest BCUT2D eigenvalue weighted by Gasteiger charge is 2.07. The lowest BCUT2D eigenvalue weighted by molar-refractivity contribution is 0.415. The number of aromatic amines is 1. The Bertz CT molecular complexity index is 741. The number of nitrogens with one attached hydrogen (secondary N) is 2. The molecule has 2 N–H and O–H groups in total. The second-order valence-electron chi connectivity index (χ2n) is 4.43. The summed E-state index contributed by atoms with van der Waals surface area (Å²) in [6.45, 7) is 0.759. The van der Waals surface area contributed by atoms with Gasteiger partial charge in [0.15, 0.2) is 10.3 Å². The maximum atomic E-state index is 5.20. The second-order valence-corrected chi connectivity index (χ2v) is 5.39. The number of H-pyrrole nitrogens is 1. The zero-order valence-electron chi connectivity index (χ0n) is 11.8. The van der Waals surface area contributed by atoms with Gasteiger partial charge in [-0.2, -0.15) is 0 Å². The summed E-state index contributed by atoms with van der Waals surface area (Å²) in [7, 11) is 3.54. The van der Waals surface area contributed by atoms with E-state index in [2.05, 4.69) is 25.3 Å². The van der Waals surface area contributed by atoms with Gasteiger partial charge in [-0.15, -0.1) is 0 Å². The zero-order chi connectivity index (χ0) is 14.7. The summed E-state index contributed by atoms with van der Waals surface area (Å²) in [6.07, 6.45) is 3.63. The lowest BCUT2D eigenvalue weighted by Crippen LogP contribution is -2.05. The molecular weight excluding hydrogens is 286 g/mol. The average molecular weight is 301 g/mol. The summed E-state index contributed by atoms with van der Waals surface area (Å²) < 4.78 is 5.20. The van der Waals surface area contributed by atoms with Crippen molar-refractivity contribution in [1.29, 1.82) is 0 Å². The number of hydrogen-bond acceptors (Lipinski definition) is 6. The summed E-state index contributed by atoms with van der Waals surface area (Å²) >= 11 is 1.40. The van der Waals surface area contributed by atoms with Gasteiger partial charge in [-0.1, -0.05) is 0 Å². The van der Waals surface area contributed by atoms with E-state index in [0.29, 0.717) is 5.16 Å². The first-order valence-corrected chi connectivity index (χ1v) is 7.27. The molecule has 0 saturated heterocycles. The molecule has 0 amide bonds. The molecule has 0 aliphatic rings. The Kier molecular flexibility index (Phi) is 4.03. The molecule has 2 heterocycles. The smallest absolute Gasteiger partial charge is 0.195 e. The third-order valence-electron chi connectivity index (χ3n) is 2.92. The Labute approximate surface area is 126 Å². The standard InChI is InChI=1S/C14H15N5OS/c1-15-6-9-7-16-13(17-8-9)21-14-18-11-4-3-10(20-2)5-12(11)19-14/h3-5,7-8,15H,6H2,1-2H3,(H,18,19). The molecule has 0 radical (unpaired) electrons. The van der Waals surface area contributed by atoms with Crippen LogP contribution in [-0.4, -0.2) is 34.1 Å². The van der Waals surface area contributed by atoms with Gasteiger partial charge < -0.3 is 15.0 Å². The van der Waals surface area contributed by atoms with Crippen molar-refractivity contribution >= 4 is 22.8 Å². The van der Waals surface area contributed by atoms with E-state index in [4.69, 9.17) is 4.74 Å². The number of fused-ring (bicyclic) bond motifs is 1. The number of methoxy groups -OCH3 is 1. The van der Waals surface area contributed by atoms with Crippen molar-refractivity contribution in [2.24, 2.45) is 0 Å². The van der Waals surface area contributed by atoms with Crippen molar-refractivity contribution in [3.05, 3.63) is 36.2 Å². The van der Waals surface area contributed by atoms with Crippen molar-refractivity contribution in [2.45, 2.75) is 16.9 Å². The largest absolute Gasteiger partial charge is 0.497 e. The number of ether oxygens (including phenoxy) is 1. The normalized spacial score (nSPS) is 11.0. The molecule has 0 aliphatic carbocycles. The molecule has 108 valence electrons. The Balaban J connectivity index is 1.80. The third-order valence-corrected chi connectivity index (χ3v) is 3.70. The minimum Gasteiger partial charge on any atom is -0.497 e. The van der Waals surface area contributed by atoms with Crippen LogP contribution in [0.2, 0.25) is 0 Å². The van der Waals surface area contributed by atoms with Crippen LogP contribution in [0.25, 0.3) is 11.0 Å². The molecule has 6 nitrogen and oxygen atoms in total. The van der Waals surface area contributed by atoms with Crippen molar-refractivity contribution in [1.82, 2.24) is 25.3 Å². The molecule has 0 aliphatic heterocycles. The van der Waals surface area contributed by atoms with E-state index in [1.165, 1.54) is 11.8 Å². The van der Waals surface area contributed by atoms with Crippen LogP contribution in [0.3, 0.4) is 0 Å². The molecule has 0 fully saturated rings. The van der Waals surface area contributed by atoms with E-state index < -0.39 is 0 Å². The van der Waals surface area contributed by atoms with Crippen molar-refractivity contribution < 1.29 is 4.74 Å². The van der Waals surface area contributed by atoms with Crippen LogP contribution < -0.4 is 10.1 Å². The SMILES string of the molecule is CNCc1cnc(Sc2nc3ccc(OC)cc3[nH]2)nc1. The minimum absolute atomic E-state index is 0.667. The Morgan fingerprint density at radius 1 is 1.29 bits per heavy atom. The van der Waals surface area contributed by atoms with E-state index in [1.807, 2.05) is 37.6 Å². The van der Waals surface area contributed by atoms with Crippen LogP contribution in [0.5, 0.6) is 5.75 Å². The van der Waals surface area contributed by atoms with Crippen molar-refractivity contribution in [2.75, 3.05) is 14.2 Å². The van der Waals surface area contributed by atoms with Crippen molar-refractivity contribution in [3.63, 3.8) is 0 Å². The number of imidazole rings is 1. The molecule has 0 spiro atoms. The van der Waals surface area contributed by atoms with Gasteiger partial charge in [-0.05, 0) is 30.9 Å². The third kappa shape index (κ3) is 3.14. The van der Waals surface area contributed by atoms with Gasteiger partial charge in [0, 0.05) is 30.6 Å². The van der Waals surface area contributed by atoms with Crippen LogP contribution >= 0.6 is 11.8 Å². The summed E-state index contributed by atoms with van der Waals surface area (Å²) in [6, 6.07) is 5.73. The Morgan fingerprint density at radius 2 is 2.10 bits per heavy atom. The van der Waals surface area contributed by atoms with Gasteiger partial charge in [-0.3, -0.25) is 0 Å². The van der Waals surface area contributed by atoms with E-state index in [0.717, 1.165) is 34.0 Å². The highest BCUT2D eigenvalue weighted by molar-refractivity contribution is 7.99. The van der Waals surface area contributed by atoms with Crippen LogP contribution in [0.1, 0.15) is 5.56 Å². The highest BCUT2D eigenvalue weighted by Crippen LogP contribution is 2.26. The van der Waals surface area contributed by atoms with Gasteiger partial charge in [0.1, 0.15) is 5.75 Å². The zero-order valence-corrected chi connectivity index (χ0v) is 12.6. The monoisotopic (exact) mass is 301 g/mol. The summed E-state index contributed by atoms with van der Waals surface area (Å²) in [5, 5.41) is 4.50. The summed E-state index contributed by atoms with van der Waals surface area (Å²) in [5.41, 5.74) is 2.88.